The summed E-state index contributed by atoms with van der Waals surface area (Å²) in [6, 6.07) is 26.4. The Kier molecular flexibility index (Phi) is 12.9. The predicted octanol–water partition coefficient (Wildman–Crippen LogP) is 9.37. The third-order valence-corrected chi connectivity index (χ3v) is 9.15. The molecule has 1 aliphatic rings. The molecule has 2 unspecified atom stereocenters. The van der Waals surface area contributed by atoms with Crippen LogP contribution in [0.5, 0.6) is 17.2 Å². The van der Waals surface area contributed by atoms with E-state index in [1.54, 1.807) is 13.8 Å². The Hall–Kier alpha value is -5.63. The van der Waals surface area contributed by atoms with Gasteiger partial charge in [-0.2, -0.15) is 0 Å². The monoisotopic (exact) mass is 716 g/mol. The lowest BCUT2D eigenvalue weighted by atomic mass is 9.91. The number of rotatable bonds is 17. The standard InChI is InChI=1S/C45H48O8/c1-8-31-23-34(12-16-41(31)49-18-20-51-43(46)28(3)4)37-25-36(33-10-14-39(15-11-33)53-45(48)40-22-30(40)7)26-38(27-37)35-13-17-42(32(9-2)24-35)50-19-21-52-44(47)29(5)6/h10-17,23-27,30,40H,3,5,8-9,18-22H2,1-2,4,6-7H3. The molecule has 0 heterocycles. The molecular weight excluding hydrogens is 668 g/mol. The van der Waals surface area contributed by atoms with Crippen LogP contribution in [0.15, 0.2) is 103 Å². The number of esters is 3. The SMILES string of the molecule is C=C(C)C(=O)OCCOc1ccc(-c2cc(-c3ccc(OC(=O)C4CC4C)cc3)cc(-c3ccc(OCCOC(=O)C(=C)C)c(CC)c3)c2)cc1CC. The summed E-state index contributed by atoms with van der Waals surface area (Å²) in [5.74, 6) is 1.33. The van der Waals surface area contributed by atoms with Gasteiger partial charge in [-0.15, -0.1) is 0 Å². The van der Waals surface area contributed by atoms with Crippen LogP contribution in [0.2, 0.25) is 0 Å². The van der Waals surface area contributed by atoms with E-state index in [1.165, 1.54) is 0 Å². The zero-order chi connectivity index (χ0) is 38.1. The molecule has 0 bridgehead atoms. The molecule has 0 radical (unpaired) electrons. The van der Waals surface area contributed by atoms with Gasteiger partial charge in [0.05, 0.1) is 5.92 Å². The third kappa shape index (κ3) is 10.3. The topological polar surface area (TPSA) is 97.4 Å². The van der Waals surface area contributed by atoms with E-state index in [1.807, 2.05) is 48.5 Å². The highest BCUT2D eigenvalue weighted by Gasteiger charge is 2.40. The van der Waals surface area contributed by atoms with Crippen molar-refractivity contribution in [2.75, 3.05) is 26.4 Å². The number of hydrogen-bond donors (Lipinski definition) is 0. The van der Waals surface area contributed by atoms with Crippen molar-refractivity contribution in [2.45, 2.75) is 53.9 Å². The maximum Gasteiger partial charge on any atom is 0.333 e. The lowest BCUT2D eigenvalue weighted by Gasteiger charge is -2.16. The van der Waals surface area contributed by atoms with E-state index >= 15 is 0 Å². The molecule has 4 aromatic rings. The summed E-state index contributed by atoms with van der Waals surface area (Å²) in [6.07, 6.45) is 2.37. The van der Waals surface area contributed by atoms with Gasteiger partial charge in [-0.3, -0.25) is 4.79 Å². The van der Waals surface area contributed by atoms with Gasteiger partial charge in [0.25, 0.3) is 0 Å². The first-order valence-electron chi connectivity index (χ1n) is 18.1. The van der Waals surface area contributed by atoms with Crippen molar-refractivity contribution in [3.63, 3.8) is 0 Å². The fourth-order valence-corrected chi connectivity index (χ4v) is 5.86. The lowest BCUT2D eigenvalue weighted by Crippen LogP contribution is -2.13. The molecule has 276 valence electrons. The molecule has 1 aliphatic carbocycles. The Morgan fingerprint density at radius 2 is 1.02 bits per heavy atom. The molecule has 0 spiro atoms. The van der Waals surface area contributed by atoms with Crippen LogP contribution in [0.3, 0.4) is 0 Å². The van der Waals surface area contributed by atoms with Gasteiger partial charge >= 0.3 is 17.9 Å². The molecule has 0 aromatic heterocycles. The van der Waals surface area contributed by atoms with Crippen molar-refractivity contribution in [1.82, 2.24) is 0 Å². The van der Waals surface area contributed by atoms with Gasteiger partial charge in [-0.05, 0) is 138 Å². The molecule has 4 aromatic carbocycles. The second kappa shape index (κ2) is 17.7. The van der Waals surface area contributed by atoms with Crippen LogP contribution in [-0.2, 0) is 36.7 Å². The van der Waals surface area contributed by atoms with Crippen LogP contribution < -0.4 is 14.2 Å². The van der Waals surface area contributed by atoms with Crippen LogP contribution in [0, 0.1) is 11.8 Å². The van der Waals surface area contributed by atoms with E-state index in [-0.39, 0.29) is 38.3 Å². The maximum absolute atomic E-state index is 12.5. The number of carbonyl (C=O) groups is 3. The Balaban J connectivity index is 1.44. The third-order valence-electron chi connectivity index (χ3n) is 9.15. The Morgan fingerprint density at radius 1 is 0.604 bits per heavy atom. The smallest absolute Gasteiger partial charge is 0.333 e. The highest BCUT2D eigenvalue weighted by atomic mass is 16.6. The Labute approximate surface area is 312 Å². The number of carbonyl (C=O) groups excluding carboxylic acids is 3. The first-order valence-corrected chi connectivity index (χ1v) is 18.1. The van der Waals surface area contributed by atoms with Gasteiger partial charge < -0.3 is 23.7 Å². The van der Waals surface area contributed by atoms with Gasteiger partial charge in [0.1, 0.15) is 43.7 Å². The Bertz CT molecular complexity index is 1890. The number of aryl methyl sites for hydroxylation is 2. The summed E-state index contributed by atoms with van der Waals surface area (Å²) in [6.45, 7) is 17.4. The average Bonchev–Trinajstić information content (AvgIpc) is 3.91. The highest BCUT2D eigenvalue weighted by molar-refractivity contribution is 5.87. The number of benzene rings is 4. The Morgan fingerprint density at radius 3 is 1.42 bits per heavy atom. The molecule has 0 saturated heterocycles. The minimum absolute atomic E-state index is 0.0124. The zero-order valence-electron chi connectivity index (χ0n) is 31.3. The van der Waals surface area contributed by atoms with E-state index in [4.69, 9.17) is 23.7 Å². The van der Waals surface area contributed by atoms with Gasteiger partial charge in [0.15, 0.2) is 0 Å². The second-order valence-electron chi connectivity index (χ2n) is 13.4. The van der Waals surface area contributed by atoms with Crippen LogP contribution in [0.1, 0.15) is 52.2 Å². The van der Waals surface area contributed by atoms with Gasteiger partial charge in [0.2, 0.25) is 0 Å². The molecule has 8 heteroatoms. The van der Waals surface area contributed by atoms with Crippen molar-refractivity contribution >= 4 is 17.9 Å². The van der Waals surface area contributed by atoms with E-state index in [9.17, 15) is 14.4 Å². The first kappa shape index (κ1) is 38.6. The quantitative estimate of drug-likeness (QED) is 0.0462. The van der Waals surface area contributed by atoms with E-state index in [0.29, 0.717) is 22.8 Å². The largest absolute Gasteiger partial charge is 0.490 e. The minimum atomic E-state index is -0.436. The van der Waals surface area contributed by atoms with E-state index in [2.05, 4.69) is 64.3 Å². The van der Waals surface area contributed by atoms with Gasteiger partial charge in [0, 0.05) is 11.1 Å². The number of ether oxygens (including phenoxy) is 5. The molecule has 5 rings (SSSR count). The maximum atomic E-state index is 12.5. The molecule has 0 aliphatic heterocycles. The summed E-state index contributed by atoms with van der Waals surface area (Å²) in [7, 11) is 0. The summed E-state index contributed by atoms with van der Waals surface area (Å²) in [5.41, 5.74) is 8.82. The summed E-state index contributed by atoms with van der Waals surface area (Å²) < 4.78 is 28.1. The zero-order valence-corrected chi connectivity index (χ0v) is 31.3. The first-order chi connectivity index (χ1) is 25.5. The molecule has 1 saturated carbocycles. The van der Waals surface area contributed by atoms with Crippen LogP contribution in [0.4, 0.5) is 0 Å². The minimum Gasteiger partial charge on any atom is -0.490 e. The van der Waals surface area contributed by atoms with Gasteiger partial charge in [-0.1, -0.05) is 58.2 Å². The molecule has 1 fully saturated rings. The van der Waals surface area contributed by atoms with Crippen LogP contribution >= 0.6 is 0 Å². The summed E-state index contributed by atoms with van der Waals surface area (Å²) in [4.78, 5) is 36.0. The molecular formula is C45H48O8. The van der Waals surface area contributed by atoms with E-state index < -0.39 is 11.9 Å². The van der Waals surface area contributed by atoms with Crippen LogP contribution in [-0.4, -0.2) is 44.3 Å². The van der Waals surface area contributed by atoms with Crippen molar-refractivity contribution in [2.24, 2.45) is 11.8 Å². The number of hydrogen-bond acceptors (Lipinski definition) is 8. The fraction of sp³-hybridized carbons (Fsp3) is 0.311. The molecule has 53 heavy (non-hydrogen) atoms. The molecule has 8 nitrogen and oxygen atoms in total. The fourth-order valence-electron chi connectivity index (χ4n) is 5.86. The predicted molar refractivity (Wildman–Crippen MR) is 207 cm³/mol. The summed E-state index contributed by atoms with van der Waals surface area (Å²) in [5, 5.41) is 0. The molecule has 2 atom stereocenters. The van der Waals surface area contributed by atoms with Crippen molar-refractivity contribution < 1.29 is 38.1 Å². The van der Waals surface area contributed by atoms with E-state index in [0.717, 1.165) is 75.3 Å². The highest BCUT2D eigenvalue weighted by Crippen LogP contribution is 2.40. The summed E-state index contributed by atoms with van der Waals surface area (Å²) >= 11 is 0. The van der Waals surface area contributed by atoms with Crippen LogP contribution in [0.25, 0.3) is 33.4 Å². The lowest BCUT2D eigenvalue weighted by molar-refractivity contribution is -0.140. The van der Waals surface area contributed by atoms with Crippen molar-refractivity contribution in [1.29, 1.82) is 0 Å². The second-order valence-corrected chi connectivity index (χ2v) is 13.4. The van der Waals surface area contributed by atoms with Crippen molar-refractivity contribution in [3.8, 4) is 50.6 Å². The van der Waals surface area contributed by atoms with Gasteiger partial charge in [-0.25, -0.2) is 9.59 Å². The van der Waals surface area contributed by atoms with Crippen molar-refractivity contribution in [3.05, 3.63) is 114 Å². The average molecular weight is 717 g/mol. The molecule has 0 N–H and O–H groups in total. The normalized spacial score (nSPS) is 14.5. The molecule has 0 amide bonds.